The fourth-order valence-electron chi connectivity index (χ4n) is 21.2. The van der Waals surface area contributed by atoms with Crippen LogP contribution < -0.4 is 0 Å². The zero-order valence-electron chi connectivity index (χ0n) is 73.8. The van der Waals surface area contributed by atoms with Crippen LogP contribution in [0.5, 0.6) is 0 Å². The number of fused-ring (bicyclic) bond motifs is 21. The Morgan fingerprint density at radius 1 is 0.189 bits per heavy atom. The molecule has 0 N–H and O–H groups in total. The molecule has 0 bridgehead atoms. The molecule has 6 heterocycles. The molecular weight excluding hydrogens is 1610 g/mol. The van der Waals surface area contributed by atoms with Crippen LogP contribution in [0.25, 0.3) is 207 Å². The van der Waals surface area contributed by atoms with Crippen LogP contribution in [0.3, 0.4) is 0 Å². The fourth-order valence-corrected chi connectivity index (χ4v) is 21.2. The summed E-state index contributed by atoms with van der Waals surface area (Å²) in [7, 11) is 0. The smallest absolute Gasteiger partial charge is 0.238 e. The van der Waals surface area contributed by atoms with Crippen LogP contribution >= 0.6 is 0 Å². The molecule has 0 atom stereocenters. The van der Waals surface area contributed by atoms with E-state index in [2.05, 4.69) is 340 Å². The first-order chi connectivity index (χ1) is 64.8. The summed E-state index contributed by atoms with van der Waals surface area (Å²) in [6, 6.07) is 147. The van der Waals surface area contributed by atoms with Gasteiger partial charge in [-0.25, -0.2) is 29.9 Å². The summed E-state index contributed by atoms with van der Waals surface area (Å²) in [5.74, 6) is 4.62. The Labute approximate surface area is 765 Å². The van der Waals surface area contributed by atoms with E-state index in [0.29, 0.717) is 40.9 Å². The van der Waals surface area contributed by atoms with Gasteiger partial charge in [-0.1, -0.05) is 375 Å². The van der Waals surface area contributed by atoms with Gasteiger partial charge >= 0.3 is 0 Å². The summed E-state index contributed by atoms with van der Waals surface area (Å²) < 4.78 is 7.06. The maximum Gasteiger partial charge on any atom is 0.238 e. The number of para-hydroxylation sites is 3. The van der Waals surface area contributed by atoms with Gasteiger partial charge in [-0.2, -0.15) is 9.97 Å². The molecule has 0 amide bonds. The number of rotatable bonds is 11. The highest BCUT2D eigenvalue weighted by molar-refractivity contribution is 6.17. The van der Waals surface area contributed by atoms with E-state index in [0.717, 1.165) is 78.3 Å². The average Bonchev–Trinajstić information content (AvgIpc) is 1.55. The number of benzene rings is 17. The molecule has 11 heteroatoms. The van der Waals surface area contributed by atoms with Crippen molar-refractivity contribution in [3.8, 4) is 142 Å². The largest absolute Gasteiger partial charge is 0.309 e. The van der Waals surface area contributed by atoms with E-state index in [4.69, 9.17) is 39.9 Å². The quantitative estimate of drug-likeness (QED) is 0.126. The lowest BCUT2D eigenvalue weighted by Gasteiger charge is -2.23. The maximum atomic E-state index is 5.08. The molecule has 0 saturated carbocycles. The molecule has 0 saturated heterocycles. The lowest BCUT2D eigenvalue weighted by atomic mass is 9.80. The second-order valence-electron chi connectivity index (χ2n) is 36.1. The third-order valence-electron chi connectivity index (χ3n) is 27.3. The van der Waals surface area contributed by atoms with Crippen LogP contribution in [0.15, 0.2) is 419 Å². The molecule has 11 nitrogen and oxygen atoms in total. The van der Waals surface area contributed by atoms with Crippen molar-refractivity contribution in [2.75, 3.05) is 0 Å². The van der Waals surface area contributed by atoms with Gasteiger partial charge in [0.25, 0.3) is 0 Å². The Morgan fingerprint density at radius 2 is 0.477 bits per heavy atom. The summed E-state index contributed by atoms with van der Waals surface area (Å²) in [5, 5.41) is 7.62. The summed E-state index contributed by atoms with van der Waals surface area (Å²) in [6.07, 6.45) is 0. The summed E-state index contributed by atoms with van der Waals surface area (Å²) in [5.41, 5.74) is 34.9. The van der Waals surface area contributed by atoms with Crippen LogP contribution in [0.2, 0.25) is 0 Å². The highest BCUT2D eigenvalue weighted by atomic mass is 15.2. The topological polar surface area (TPSA) is 118 Å². The summed E-state index contributed by atoms with van der Waals surface area (Å²) in [6.45, 7) is 14.1. The molecule has 17 aromatic carbocycles. The zero-order chi connectivity index (χ0) is 88.5. The van der Waals surface area contributed by atoms with Gasteiger partial charge in [-0.3, -0.25) is 4.57 Å². The van der Waals surface area contributed by atoms with E-state index in [1.54, 1.807) is 0 Å². The Morgan fingerprint density at radius 3 is 0.886 bits per heavy atom. The van der Waals surface area contributed by atoms with Crippen molar-refractivity contribution in [2.45, 2.75) is 57.8 Å². The third-order valence-corrected chi connectivity index (χ3v) is 27.3. The molecule has 6 aromatic heterocycles. The molecule has 0 fully saturated rings. The van der Waals surface area contributed by atoms with Crippen LogP contribution in [0.1, 0.15) is 74.9 Å². The number of hydrogen-bond donors (Lipinski definition) is 0. The molecule has 26 rings (SSSR count). The Kier molecular flexibility index (Phi) is 18.7. The minimum Gasteiger partial charge on any atom is -0.309 e. The van der Waals surface area contributed by atoms with Crippen molar-refractivity contribution in [3.05, 3.63) is 452 Å². The van der Waals surface area contributed by atoms with Crippen LogP contribution in [0.4, 0.5) is 0 Å². The Bertz CT molecular complexity index is 8310. The standard InChI is InChI=1S/C43H31N3.C42H30N4.C36H26N4/c1-43(2)36-19-11-9-17-32(36)34-25-26-35-33-18-10-12-20-39(33)46(41(35)40(34)43)31-23-21-30(22-24-31)42-44-37(28-13-5-3-6-14-28)27-38(45-42)29-15-7-4-8-16-29;1-42(2)34-19-11-9-17-31(34)32-25-26-36-37(38(32)42)33-18-10-12-20-35(33)46(36)30-23-21-29(22-24-30)41-44-39(27-13-5-3-6-14-27)43-40(45-41)28-15-7-4-8-16-28;1-36(2)28-19-11-9-17-25(28)26-21-22-30-31(32(26)36)27-18-10-12-20-29(27)40(30)35-38-33(23-13-5-3-6-14-23)37-34(39-35)24-15-7-4-8-16-24/h3-27H,1-2H3;3-26H,1-2H3;3-22H,1-2H3. The summed E-state index contributed by atoms with van der Waals surface area (Å²) in [4.78, 5) is 39.9. The first-order valence-corrected chi connectivity index (χ1v) is 45.2. The number of aromatic nitrogens is 11. The average molecular weight is 1700 g/mol. The zero-order valence-corrected chi connectivity index (χ0v) is 73.8. The second kappa shape index (κ2) is 31.3. The van der Waals surface area contributed by atoms with Crippen molar-refractivity contribution >= 4 is 65.4 Å². The van der Waals surface area contributed by atoms with Gasteiger partial charge in [0.15, 0.2) is 34.9 Å². The molecule has 0 spiro atoms. The van der Waals surface area contributed by atoms with Crippen molar-refractivity contribution in [3.63, 3.8) is 0 Å². The number of nitrogens with zero attached hydrogens (tertiary/aromatic N) is 11. The second-order valence-corrected chi connectivity index (χ2v) is 36.1. The van der Waals surface area contributed by atoms with Gasteiger partial charge in [-0.15, -0.1) is 0 Å². The molecular formula is C121H87N11. The third kappa shape index (κ3) is 12.9. The van der Waals surface area contributed by atoms with Gasteiger partial charge in [0, 0.05) is 104 Å². The monoisotopic (exact) mass is 1690 g/mol. The van der Waals surface area contributed by atoms with Gasteiger partial charge < -0.3 is 9.13 Å². The predicted molar refractivity (Wildman–Crippen MR) is 541 cm³/mol. The van der Waals surface area contributed by atoms with Crippen molar-refractivity contribution < 1.29 is 0 Å². The minimum absolute atomic E-state index is 0.101. The molecule has 3 aliphatic carbocycles. The number of hydrogen-bond acceptors (Lipinski definition) is 8. The minimum atomic E-state index is -0.135. The van der Waals surface area contributed by atoms with Crippen molar-refractivity contribution in [1.82, 2.24) is 53.6 Å². The summed E-state index contributed by atoms with van der Waals surface area (Å²) >= 11 is 0. The van der Waals surface area contributed by atoms with E-state index in [-0.39, 0.29) is 16.2 Å². The Balaban J connectivity index is 0.000000110. The van der Waals surface area contributed by atoms with E-state index >= 15 is 0 Å². The molecule has 0 unspecified atom stereocenters. The van der Waals surface area contributed by atoms with Crippen LogP contribution in [-0.4, -0.2) is 53.6 Å². The lowest BCUT2D eigenvalue weighted by molar-refractivity contribution is 0.664. The van der Waals surface area contributed by atoms with E-state index in [1.165, 1.54) is 121 Å². The molecule has 0 aliphatic heterocycles. The fraction of sp³-hybridized carbons (Fsp3) is 0.0744. The van der Waals surface area contributed by atoms with Crippen molar-refractivity contribution in [1.29, 1.82) is 0 Å². The molecule has 23 aromatic rings. The maximum absolute atomic E-state index is 5.08. The van der Waals surface area contributed by atoms with Crippen LogP contribution in [-0.2, 0) is 16.2 Å². The first kappa shape index (κ1) is 78.7. The lowest BCUT2D eigenvalue weighted by Crippen LogP contribution is -2.16. The highest BCUT2D eigenvalue weighted by Gasteiger charge is 2.42. The first-order valence-electron chi connectivity index (χ1n) is 45.2. The van der Waals surface area contributed by atoms with Gasteiger partial charge in [0.2, 0.25) is 5.95 Å². The predicted octanol–water partition coefficient (Wildman–Crippen LogP) is 29.8. The Hall–Kier alpha value is -16.8. The van der Waals surface area contributed by atoms with Gasteiger partial charge in [0.05, 0.1) is 44.5 Å². The van der Waals surface area contributed by atoms with Crippen molar-refractivity contribution in [2.24, 2.45) is 0 Å². The molecule has 0 radical (unpaired) electrons. The molecule has 132 heavy (non-hydrogen) atoms. The van der Waals surface area contributed by atoms with Crippen LogP contribution in [0, 0.1) is 0 Å². The molecule has 3 aliphatic rings. The van der Waals surface area contributed by atoms with E-state index in [1.807, 2.05) is 133 Å². The normalized spacial score (nSPS) is 13.3. The SMILES string of the molecule is CC1(C)c2ccccc2-c2ccc3c(c21)c1ccccc1n3-c1ccc(-c2nc(-c3ccccc3)nc(-c3ccccc3)n2)cc1.CC1(C)c2ccccc2-c2ccc3c(c21)c1ccccc1n3-c1nc(-c2ccccc2)nc(-c2ccccc2)n1.CC1(C)c2ccccc2-c2ccc3c4ccccc4n(-c4ccc(-c5nc(-c6ccccc6)cc(-c6ccccc6)n5)cc4)c3c21. The molecule has 626 valence electrons. The van der Waals surface area contributed by atoms with Gasteiger partial charge in [-0.05, 0) is 152 Å². The van der Waals surface area contributed by atoms with E-state index in [9.17, 15) is 0 Å². The van der Waals surface area contributed by atoms with Gasteiger partial charge in [0.1, 0.15) is 0 Å². The highest BCUT2D eigenvalue weighted by Crippen LogP contribution is 2.57. The van der Waals surface area contributed by atoms with E-state index < -0.39 is 0 Å².